The number of hydrogen-bond acceptors (Lipinski definition) is 2. The summed E-state index contributed by atoms with van der Waals surface area (Å²) in [5, 5.41) is 8.52. The van der Waals surface area contributed by atoms with Crippen LogP contribution in [0.2, 0.25) is 0 Å². The molecule has 0 radical (unpaired) electrons. The van der Waals surface area contributed by atoms with Crippen LogP contribution < -0.4 is 4.74 Å². The van der Waals surface area contributed by atoms with Crippen LogP contribution in [0.25, 0.3) is 0 Å². The van der Waals surface area contributed by atoms with E-state index in [4.69, 9.17) is 9.84 Å². The minimum Gasteiger partial charge on any atom is -0.496 e. The van der Waals surface area contributed by atoms with Crippen molar-refractivity contribution in [3.63, 3.8) is 0 Å². The van der Waals surface area contributed by atoms with Crippen LogP contribution in [0.3, 0.4) is 0 Å². The van der Waals surface area contributed by atoms with Crippen LogP contribution in [0.5, 0.6) is 5.75 Å². The molecule has 3 nitrogen and oxygen atoms in total. The topological polar surface area (TPSA) is 46.5 Å². The van der Waals surface area contributed by atoms with E-state index < -0.39 is 5.97 Å². The van der Waals surface area contributed by atoms with Gasteiger partial charge in [0.25, 0.3) is 0 Å². The molecule has 0 bridgehead atoms. The molecule has 0 amide bonds. The fourth-order valence-corrected chi connectivity index (χ4v) is 1.65. The maximum Gasteiger partial charge on any atom is 0.303 e. The Labute approximate surface area is 93.9 Å². The number of benzene rings is 1. The van der Waals surface area contributed by atoms with Crippen molar-refractivity contribution < 1.29 is 19.0 Å². The Bertz CT molecular complexity index is 388. The number of carbonyl (C=O) groups is 1. The van der Waals surface area contributed by atoms with Crippen LogP contribution in [0, 0.1) is 12.7 Å². The molecular formula is C12H15FO3. The van der Waals surface area contributed by atoms with E-state index in [1.54, 1.807) is 6.07 Å². The van der Waals surface area contributed by atoms with Crippen LogP contribution in [0.4, 0.5) is 4.39 Å². The molecule has 0 aliphatic rings. The Kier molecular flexibility index (Phi) is 4.28. The summed E-state index contributed by atoms with van der Waals surface area (Å²) in [5.41, 5.74) is 1.32. The second-order valence-electron chi connectivity index (χ2n) is 3.62. The molecule has 0 saturated carbocycles. The molecule has 16 heavy (non-hydrogen) atoms. The number of aryl methyl sites for hydroxylation is 1. The Morgan fingerprint density at radius 2 is 2.19 bits per heavy atom. The van der Waals surface area contributed by atoms with E-state index in [2.05, 4.69) is 0 Å². The van der Waals surface area contributed by atoms with Crippen molar-refractivity contribution in [3.05, 3.63) is 29.1 Å². The largest absolute Gasteiger partial charge is 0.496 e. The Hall–Kier alpha value is -1.58. The lowest BCUT2D eigenvalue weighted by Crippen LogP contribution is -2.01. The van der Waals surface area contributed by atoms with Crippen molar-refractivity contribution in [2.75, 3.05) is 7.11 Å². The highest BCUT2D eigenvalue weighted by Crippen LogP contribution is 2.27. The Morgan fingerprint density at radius 3 is 2.75 bits per heavy atom. The molecule has 0 fully saturated rings. The standard InChI is InChI=1S/C12H15FO3/c1-8-6-7-10(13)9(12(8)16-2)4-3-5-11(14)15/h6-7H,3-5H2,1-2H3,(H,14,15). The maximum atomic E-state index is 13.5. The monoisotopic (exact) mass is 226 g/mol. The molecule has 0 spiro atoms. The van der Waals surface area contributed by atoms with E-state index >= 15 is 0 Å². The molecule has 0 saturated heterocycles. The Balaban J connectivity index is 2.84. The van der Waals surface area contributed by atoms with Crippen molar-refractivity contribution in [2.24, 2.45) is 0 Å². The molecule has 0 aliphatic carbocycles. The molecule has 88 valence electrons. The lowest BCUT2D eigenvalue weighted by Gasteiger charge is -2.11. The van der Waals surface area contributed by atoms with Gasteiger partial charge in [0.1, 0.15) is 11.6 Å². The first-order valence-corrected chi connectivity index (χ1v) is 5.10. The number of hydrogen-bond donors (Lipinski definition) is 1. The van der Waals surface area contributed by atoms with Gasteiger partial charge in [0.2, 0.25) is 0 Å². The molecular weight excluding hydrogens is 211 g/mol. The van der Waals surface area contributed by atoms with Gasteiger partial charge in [0, 0.05) is 12.0 Å². The number of carboxylic acids is 1. The first kappa shape index (κ1) is 12.5. The van der Waals surface area contributed by atoms with Gasteiger partial charge >= 0.3 is 5.97 Å². The fraction of sp³-hybridized carbons (Fsp3) is 0.417. The zero-order chi connectivity index (χ0) is 12.1. The van der Waals surface area contributed by atoms with E-state index in [0.29, 0.717) is 24.2 Å². The SMILES string of the molecule is COc1c(C)ccc(F)c1CCCC(=O)O. The van der Waals surface area contributed by atoms with Gasteiger partial charge in [0.05, 0.1) is 7.11 Å². The summed E-state index contributed by atoms with van der Waals surface area (Å²) in [6, 6.07) is 3.03. The quantitative estimate of drug-likeness (QED) is 0.839. The summed E-state index contributed by atoms with van der Waals surface area (Å²) < 4.78 is 18.6. The second-order valence-corrected chi connectivity index (χ2v) is 3.62. The maximum absolute atomic E-state index is 13.5. The predicted octanol–water partition coefficient (Wildman–Crippen LogP) is 2.55. The fourth-order valence-electron chi connectivity index (χ4n) is 1.65. The molecule has 1 aromatic carbocycles. The highest BCUT2D eigenvalue weighted by atomic mass is 19.1. The first-order valence-electron chi connectivity index (χ1n) is 5.10. The number of aliphatic carboxylic acids is 1. The molecule has 1 rings (SSSR count). The van der Waals surface area contributed by atoms with Gasteiger partial charge in [-0.25, -0.2) is 4.39 Å². The molecule has 4 heteroatoms. The van der Waals surface area contributed by atoms with Gasteiger partial charge in [-0.1, -0.05) is 6.07 Å². The second kappa shape index (κ2) is 5.49. The van der Waals surface area contributed by atoms with E-state index in [9.17, 15) is 9.18 Å². The summed E-state index contributed by atoms with van der Waals surface area (Å²) in [7, 11) is 1.49. The highest BCUT2D eigenvalue weighted by molar-refractivity contribution is 5.66. The summed E-state index contributed by atoms with van der Waals surface area (Å²) in [6.45, 7) is 1.83. The lowest BCUT2D eigenvalue weighted by molar-refractivity contribution is -0.137. The Morgan fingerprint density at radius 1 is 1.50 bits per heavy atom. The van der Waals surface area contributed by atoms with Crippen molar-refractivity contribution in [3.8, 4) is 5.75 Å². The zero-order valence-electron chi connectivity index (χ0n) is 9.42. The normalized spacial score (nSPS) is 10.2. The number of rotatable bonds is 5. The molecule has 0 aromatic heterocycles. The summed E-state index contributed by atoms with van der Waals surface area (Å²) in [5.74, 6) is -0.690. The zero-order valence-corrected chi connectivity index (χ0v) is 9.42. The van der Waals surface area contributed by atoms with Crippen LogP contribution in [-0.2, 0) is 11.2 Å². The van der Waals surface area contributed by atoms with Crippen LogP contribution in [-0.4, -0.2) is 18.2 Å². The average molecular weight is 226 g/mol. The van der Waals surface area contributed by atoms with Gasteiger partial charge < -0.3 is 9.84 Å². The van der Waals surface area contributed by atoms with Crippen LogP contribution >= 0.6 is 0 Å². The van der Waals surface area contributed by atoms with Crippen molar-refractivity contribution >= 4 is 5.97 Å². The molecule has 1 N–H and O–H groups in total. The van der Waals surface area contributed by atoms with Gasteiger partial charge in [-0.3, -0.25) is 4.79 Å². The smallest absolute Gasteiger partial charge is 0.303 e. The van der Waals surface area contributed by atoms with Gasteiger partial charge in [0.15, 0.2) is 0 Å². The molecule has 0 unspecified atom stereocenters. The number of ether oxygens (including phenoxy) is 1. The minimum atomic E-state index is -0.868. The number of carboxylic acid groups (broad SMARTS) is 1. The summed E-state index contributed by atoms with van der Waals surface area (Å²) >= 11 is 0. The van der Waals surface area contributed by atoms with E-state index in [-0.39, 0.29) is 12.2 Å². The summed E-state index contributed by atoms with van der Waals surface area (Å²) in [6.07, 6.45) is 0.825. The van der Waals surface area contributed by atoms with Gasteiger partial charge in [-0.15, -0.1) is 0 Å². The first-order chi connectivity index (χ1) is 7.56. The third kappa shape index (κ3) is 2.95. The molecule has 0 atom stereocenters. The van der Waals surface area contributed by atoms with E-state index in [0.717, 1.165) is 5.56 Å². The summed E-state index contributed by atoms with van der Waals surface area (Å²) in [4.78, 5) is 10.4. The van der Waals surface area contributed by atoms with Crippen LogP contribution in [0.1, 0.15) is 24.0 Å². The third-order valence-electron chi connectivity index (χ3n) is 2.42. The van der Waals surface area contributed by atoms with Crippen molar-refractivity contribution in [2.45, 2.75) is 26.2 Å². The molecule has 0 aliphatic heterocycles. The lowest BCUT2D eigenvalue weighted by atomic mass is 10.0. The highest BCUT2D eigenvalue weighted by Gasteiger charge is 2.12. The molecule has 0 heterocycles. The number of halogens is 1. The van der Waals surface area contributed by atoms with Crippen molar-refractivity contribution in [1.82, 2.24) is 0 Å². The van der Waals surface area contributed by atoms with Crippen LogP contribution in [0.15, 0.2) is 12.1 Å². The van der Waals surface area contributed by atoms with Gasteiger partial charge in [-0.05, 0) is 31.4 Å². The minimum absolute atomic E-state index is 0.0382. The average Bonchev–Trinajstić information content (AvgIpc) is 2.23. The van der Waals surface area contributed by atoms with E-state index in [1.807, 2.05) is 6.92 Å². The van der Waals surface area contributed by atoms with Crippen molar-refractivity contribution in [1.29, 1.82) is 0 Å². The third-order valence-corrected chi connectivity index (χ3v) is 2.42. The predicted molar refractivity (Wildman–Crippen MR) is 58.3 cm³/mol. The molecule has 1 aromatic rings. The number of methoxy groups -OCH3 is 1. The van der Waals surface area contributed by atoms with E-state index in [1.165, 1.54) is 13.2 Å². The van der Waals surface area contributed by atoms with Gasteiger partial charge in [-0.2, -0.15) is 0 Å².